The molecule has 0 amide bonds. The summed E-state index contributed by atoms with van der Waals surface area (Å²) >= 11 is 2.69. The van der Waals surface area contributed by atoms with Gasteiger partial charge in [0.1, 0.15) is 11.5 Å². The maximum Gasteiger partial charge on any atom is 0.235 e. The normalized spacial score (nSPS) is 11.2. The molecule has 7 nitrogen and oxygen atoms in total. The zero-order valence-corrected chi connectivity index (χ0v) is 17.5. The van der Waals surface area contributed by atoms with E-state index in [2.05, 4.69) is 20.5 Å². The summed E-state index contributed by atoms with van der Waals surface area (Å²) in [4.78, 5) is 13.3. The number of carbonyl (C=O) groups is 1. The van der Waals surface area contributed by atoms with Gasteiger partial charge >= 0.3 is 0 Å². The highest BCUT2D eigenvalue weighted by molar-refractivity contribution is 7.99. The second-order valence-corrected chi connectivity index (χ2v) is 8.46. The van der Waals surface area contributed by atoms with Crippen LogP contribution in [-0.2, 0) is 0 Å². The minimum absolute atomic E-state index is 0.0268. The number of aryl methyl sites for hydroxylation is 1. The second kappa shape index (κ2) is 7.85. The standard InChI is InChI=1S/C21H15N5O2S2/c1-13-11-17(25-28-13)19-24-26-20(22-23-21(26)30-19)29-12-18(27)16-9-7-15(8-10-16)14-5-3-2-4-6-14/h2-11H,12H2,1H3. The lowest BCUT2D eigenvalue weighted by Gasteiger charge is -2.04. The Morgan fingerprint density at radius 2 is 1.83 bits per heavy atom. The molecule has 0 aliphatic heterocycles. The number of nitrogens with zero attached hydrogens (tertiary/aromatic N) is 5. The van der Waals surface area contributed by atoms with Crippen LogP contribution in [0, 0.1) is 6.92 Å². The van der Waals surface area contributed by atoms with Crippen molar-refractivity contribution in [2.75, 3.05) is 5.75 Å². The van der Waals surface area contributed by atoms with E-state index in [1.54, 1.807) is 4.52 Å². The summed E-state index contributed by atoms with van der Waals surface area (Å²) in [7, 11) is 0. The third-order valence-corrected chi connectivity index (χ3v) is 6.30. The van der Waals surface area contributed by atoms with Crippen molar-refractivity contribution in [3.05, 3.63) is 72.0 Å². The fourth-order valence-corrected chi connectivity index (χ4v) is 4.58. The van der Waals surface area contributed by atoms with Gasteiger partial charge in [-0.25, -0.2) is 0 Å². The van der Waals surface area contributed by atoms with Crippen molar-refractivity contribution in [1.82, 2.24) is 25.0 Å². The third-order valence-electron chi connectivity index (χ3n) is 4.46. The van der Waals surface area contributed by atoms with E-state index in [4.69, 9.17) is 4.52 Å². The van der Waals surface area contributed by atoms with E-state index < -0.39 is 0 Å². The van der Waals surface area contributed by atoms with Gasteiger partial charge in [0.2, 0.25) is 10.1 Å². The molecule has 5 rings (SSSR count). The van der Waals surface area contributed by atoms with Gasteiger partial charge in [0.15, 0.2) is 10.8 Å². The Bertz CT molecular complexity index is 1320. The Labute approximate surface area is 179 Å². The molecule has 0 saturated carbocycles. The van der Waals surface area contributed by atoms with Gasteiger partial charge in [0.05, 0.1) is 5.75 Å². The molecule has 3 heterocycles. The van der Waals surface area contributed by atoms with Crippen molar-refractivity contribution in [1.29, 1.82) is 0 Å². The van der Waals surface area contributed by atoms with Crippen molar-refractivity contribution in [2.45, 2.75) is 12.1 Å². The molecule has 0 bridgehead atoms. The van der Waals surface area contributed by atoms with E-state index in [1.165, 1.54) is 23.1 Å². The molecule has 0 spiro atoms. The molecule has 3 aromatic heterocycles. The number of aromatic nitrogens is 5. The summed E-state index contributed by atoms with van der Waals surface area (Å²) in [6.07, 6.45) is 0. The van der Waals surface area contributed by atoms with E-state index in [-0.39, 0.29) is 11.5 Å². The molecule has 0 radical (unpaired) electrons. The van der Waals surface area contributed by atoms with Crippen molar-refractivity contribution < 1.29 is 9.32 Å². The van der Waals surface area contributed by atoms with Crippen LogP contribution < -0.4 is 0 Å². The van der Waals surface area contributed by atoms with Gasteiger partial charge in [-0.3, -0.25) is 4.79 Å². The molecule has 0 N–H and O–H groups in total. The number of carbonyl (C=O) groups excluding carboxylic acids is 1. The summed E-state index contributed by atoms with van der Waals surface area (Å²) in [6, 6.07) is 19.5. The first kappa shape index (κ1) is 18.7. The quantitative estimate of drug-likeness (QED) is 0.281. The Hall–Kier alpha value is -3.30. The SMILES string of the molecule is Cc1cc(-c2nn3c(SCC(=O)c4ccc(-c5ccccc5)cc4)nnc3s2)no1. The smallest absolute Gasteiger partial charge is 0.235 e. The molecule has 0 unspecified atom stereocenters. The second-order valence-electron chi connectivity index (χ2n) is 6.56. The Morgan fingerprint density at radius 1 is 1.07 bits per heavy atom. The first-order valence-corrected chi connectivity index (χ1v) is 10.9. The van der Waals surface area contributed by atoms with Gasteiger partial charge in [-0.2, -0.15) is 9.61 Å². The fourth-order valence-electron chi connectivity index (χ4n) is 2.95. The largest absolute Gasteiger partial charge is 0.361 e. The maximum absolute atomic E-state index is 12.6. The number of ketones is 1. The van der Waals surface area contributed by atoms with Crippen LogP contribution in [0.2, 0.25) is 0 Å². The first-order chi connectivity index (χ1) is 14.7. The average Bonchev–Trinajstić information content (AvgIpc) is 3.49. The monoisotopic (exact) mass is 433 g/mol. The van der Waals surface area contributed by atoms with Gasteiger partial charge in [0.25, 0.3) is 0 Å². The zero-order valence-electron chi connectivity index (χ0n) is 15.8. The lowest BCUT2D eigenvalue weighted by atomic mass is 10.0. The molecule has 2 aromatic carbocycles. The molecule has 0 aliphatic rings. The van der Waals surface area contributed by atoms with Gasteiger partial charge in [-0.15, -0.1) is 10.2 Å². The third kappa shape index (κ3) is 3.64. The van der Waals surface area contributed by atoms with Crippen molar-refractivity contribution in [3.63, 3.8) is 0 Å². The van der Waals surface area contributed by atoms with E-state index in [0.717, 1.165) is 16.9 Å². The van der Waals surface area contributed by atoms with Gasteiger partial charge in [0, 0.05) is 11.6 Å². The molecule has 0 saturated heterocycles. The van der Waals surface area contributed by atoms with E-state index in [9.17, 15) is 4.79 Å². The van der Waals surface area contributed by atoms with E-state index >= 15 is 0 Å². The van der Waals surface area contributed by atoms with Crippen LogP contribution in [0.4, 0.5) is 0 Å². The number of thioether (sulfide) groups is 1. The van der Waals surface area contributed by atoms with E-state index in [1.807, 2.05) is 67.6 Å². The van der Waals surface area contributed by atoms with Crippen LogP contribution in [0.1, 0.15) is 16.1 Å². The summed E-state index contributed by atoms with van der Waals surface area (Å²) < 4.78 is 6.75. The Kier molecular flexibility index (Phi) is 4.89. The number of Topliss-reactive ketones (excluding diaryl/α,β-unsaturated/α-hetero) is 1. The summed E-state index contributed by atoms with van der Waals surface area (Å²) in [5.41, 5.74) is 3.53. The number of rotatable bonds is 6. The lowest BCUT2D eigenvalue weighted by Crippen LogP contribution is -2.03. The maximum atomic E-state index is 12.6. The van der Waals surface area contributed by atoms with Crippen molar-refractivity contribution in [2.24, 2.45) is 0 Å². The first-order valence-electron chi connectivity index (χ1n) is 9.15. The predicted octanol–water partition coefficient (Wildman–Crippen LogP) is 4.79. The van der Waals surface area contributed by atoms with Crippen LogP contribution in [-0.4, -0.2) is 36.5 Å². The minimum Gasteiger partial charge on any atom is -0.361 e. The Morgan fingerprint density at radius 3 is 2.57 bits per heavy atom. The van der Waals surface area contributed by atoms with Gasteiger partial charge in [-0.1, -0.05) is 82.9 Å². The fraction of sp³-hybridized carbons (Fsp3) is 0.0952. The molecule has 9 heteroatoms. The summed E-state index contributed by atoms with van der Waals surface area (Å²) in [5.74, 6) is 0.995. The highest BCUT2D eigenvalue weighted by Gasteiger charge is 2.17. The summed E-state index contributed by atoms with van der Waals surface area (Å²) in [5, 5.41) is 18.0. The summed E-state index contributed by atoms with van der Waals surface area (Å²) in [6.45, 7) is 1.83. The molecule has 5 aromatic rings. The van der Waals surface area contributed by atoms with Crippen LogP contribution in [0.3, 0.4) is 0 Å². The molecule has 30 heavy (non-hydrogen) atoms. The van der Waals surface area contributed by atoms with E-state index in [0.29, 0.717) is 26.4 Å². The number of hydrogen-bond donors (Lipinski definition) is 0. The average molecular weight is 434 g/mol. The minimum atomic E-state index is 0.0268. The lowest BCUT2D eigenvalue weighted by molar-refractivity contribution is 0.102. The molecule has 0 fully saturated rings. The predicted molar refractivity (Wildman–Crippen MR) is 116 cm³/mol. The molecular formula is C21H15N5O2S2. The van der Waals surface area contributed by atoms with Crippen LogP contribution in [0.5, 0.6) is 0 Å². The highest BCUT2D eigenvalue weighted by Crippen LogP contribution is 2.28. The van der Waals surface area contributed by atoms with Crippen LogP contribution in [0.25, 0.3) is 26.8 Å². The van der Waals surface area contributed by atoms with Gasteiger partial charge < -0.3 is 4.52 Å². The number of fused-ring (bicyclic) bond motifs is 1. The Balaban J connectivity index is 1.29. The number of benzene rings is 2. The number of hydrogen-bond acceptors (Lipinski definition) is 8. The van der Waals surface area contributed by atoms with Crippen LogP contribution >= 0.6 is 23.1 Å². The zero-order chi connectivity index (χ0) is 20.5. The molecule has 0 atom stereocenters. The van der Waals surface area contributed by atoms with Gasteiger partial charge in [-0.05, 0) is 18.1 Å². The van der Waals surface area contributed by atoms with Crippen molar-refractivity contribution >= 4 is 33.8 Å². The molecule has 148 valence electrons. The molecular weight excluding hydrogens is 418 g/mol. The van der Waals surface area contributed by atoms with Crippen LogP contribution in [0.15, 0.2) is 70.3 Å². The highest BCUT2D eigenvalue weighted by atomic mass is 32.2. The van der Waals surface area contributed by atoms with Crippen molar-refractivity contribution in [3.8, 4) is 21.8 Å². The molecule has 0 aliphatic carbocycles. The topological polar surface area (TPSA) is 86.2 Å².